The standard InChI is InChI=1S/C43H52FN3O5/c1-41-15-11-29(48)25-28(41)8-9-32-34(41)12-16-42(2)35(32)13-17-43(42,52)18-14-39(50)46-19-21-47(22-20-46)40(51)33-23-27(7-10-36(33)44)24-37-30-5-3-4-6-31(30)38(49)26-45-37/h3-7,10,23,28,32,34-35,52H,8-9,11-22,24-26H2,1-2H3/t28-,32+,34-,35-,41-,42-,43+/m1/s1. The van der Waals surface area contributed by atoms with E-state index >= 15 is 4.39 Å². The van der Waals surface area contributed by atoms with Gasteiger partial charge >= 0.3 is 0 Å². The third-order valence-electron chi connectivity index (χ3n) is 15.1. The molecule has 8 nitrogen and oxygen atoms in total. The van der Waals surface area contributed by atoms with Gasteiger partial charge in [-0.15, -0.1) is 0 Å². The van der Waals surface area contributed by atoms with E-state index < -0.39 is 17.3 Å². The van der Waals surface area contributed by atoms with E-state index in [1.807, 2.05) is 18.2 Å². The molecule has 0 aromatic heterocycles. The first-order chi connectivity index (χ1) is 24.9. The first-order valence-corrected chi connectivity index (χ1v) is 19.7. The molecule has 0 spiro atoms. The van der Waals surface area contributed by atoms with Gasteiger partial charge in [0.1, 0.15) is 18.1 Å². The van der Waals surface area contributed by atoms with Gasteiger partial charge in [0, 0.05) is 68.7 Å². The maximum absolute atomic E-state index is 15.1. The van der Waals surface area contributed by atoms with Gasteiger partial charge < -0.3 is 14.9 Å². The number of halogens is 1. The molecule has 2 amide bonds. The summed E-state index contributed by atoms with van der Waals surface area (Å²) >= 11 is 0. The van der Waals surface area contributed by atoms with Gasteiger partial charge in [-0.1, -0.05) is 44.2 Å². The highest BCUT2D eigenvalue weighted by Crippen LogP contribution is 2.68. The topological polar surface area (TPSA) is 107 Å². The van der Waals surface area contributed by atoms with Crippen molar-refractivity contribution in [2.24, 2.45) is 39.5 Å². The molecule has 7 atom stereocenters. The van der Waals surface area contributed by atoms with Crippen molar-refractivity contribution >= 4 is 29.1 Å². The molecule has 6 aliphatic rings. The molecule has 1 saturated heterocycles. The van der Waals surface area contributed by atoms with Gasteiger partial charge in [-0.05, 0) is 104 Å². The Kier molecular flexibility index (Phi) is 9.03. The van der Waals surface area contributed by atoms with E-state index in [-0.39, 0.29) is 41.0 Å². The summed E-state index contributed by atoms with van der Waals surface area (Å²) < 4.78 is 15.1. The lowest BCUT2D eigenvalue weighted by Crippen LogP contribution is -2.56. The van der Waals surface area contributed by atoms with Crippen LogP contribution in [-0.4, -0.2) is 82.3 Å². The van der Waals surface area contributed by atoms with Crippen LogP contribution in [0, 0.1) is 40.3 Å². The van der Waals surface area contributed by atoms with E-state index in [2.05, 4.69) is 18.8 Å². The van der Waals surface area contributed by atoms with E-state index in [4.69, 9.17) is 0 Å². The number of aliphatic imine (C=N–C) groups is 1. The Morgan fingerprint density at radius 2 is 1.63 bits per heavy atom. The molecule has 2 aromatic carbocycles. The Balaban J connectivity index is 0.864. The molecule has 0 bridgehead atoms. The minimum Gasteiger partial charge on any atom is -0.389 e. The number of hydrogen-bond acceptors (Lipinski definition) is 6. The number of Topliss-reactive ketones (excluding diaryl/α,β-unsaturated/α-hetero) is 2. The number of carbonyl (C=O) groups excluding carboxylic acids is 4. The van der Waals surface area contributed by atoms with Crippen LogP contribution in [0.3, 0.4) is 0 Å². The summed E-state index contributed by atoms with van der Waals surface area (Å²) in [6.45, 7) is 6.18. The average molecular weight is 710 g/mol. The summed E-state index contributed by atoms with van der Waals surface area (Å²) in [5, 5.41) is 12.2. The molecule has 8 rings (SSSR count). The largest absolute Gasteiger partial charge is 0.389 e. The molecule has 52 heavy (non-hydrogen) atoms. The van der Waals surface area contributed by atoms with Crippen molar-refractivity contribution in [3.05, 3.63) is 70.5 Å². The predicted molar refractivity (Wildman–Crippen MR) is 196 cm³/mol. The lowest BCUT2D eigenvalue weighted by atomic mass is 9.44. The summed E-state index contributed by atoms with van der Waals surface area (Å²) in [4.78, 5) is 59.6. The van der Waals surface area contributed by atoms with E-state index in [0.717, 1.165) is 68.2 Å². The number of ketones is 2. The molecule has 1 N–H and O–H groups in total. The van der Waals surface area contributed by atoms with Gasteiger partial charge in [0.15, 0.2) is 5.78 Å². The van der Waals surface area contributed by atoms with Gasteiger partial charge in [-0.2, -0.15) is 0 Å². The normalized spacial score (nSPS) is 34.2. The summed E-state index contributed by atoms with van der Waals surface area (Å²) in [5.41, 5.74) is 2.03. The molecule has 276 valence electrons. The number of hydrogen-bond donors (Lipinski definition) is 1. The summed E-state index contributed by atoms with van der Waals surface area (Å²) in [7, 11) is 0. The Bertz CT molecular complexity index is 1830. The first-order valence-electron chi connectivity index (χ1n) is 19.7. The number of fused-ring (bicyclic) bond motifs is 6. The Morgan fingerprint density at radius 1 is 0.904 bits per heavy atom. The molecular formula is C43H52FN3O5. The van der Waals surface area contributed by atoms with Gasteiger partial charge in [0.25, 0.3) is 5.91 Å². The van der Waals surface area contributed by atoms with Gasteiger partial charge in [-0.3, -0.25) is 24.2 Å². The van der Waals surface area contributed by atoms with Crippen molar-refractivity contribution < 1.29 is 28.7 Å². The van der Waals surface area contributed by atoms with Gasteiger partial charge in [-0.25, -0.2) is 4.39 Å². The molecule has 0 radical (unpaired) electrons. The van der Waals surface area contributed by atoms with Crippen molar-refractivity contribution in [3.8, 4) is 0 Å². The lowest BCUT2D eigenvalue weighted by molar-refractivity contribution is -0.160. The fourth-order valence-corrected chi connectivity index (χ4v) is 11.9. The third-order valence-corrected chi connectivity index (χ3v) is 15.1. The summed E-state index contributed by atoms with van der Waals surface area (Å²) in [5.74, 6) is 1.57. The molecule has 2 aromatic rings. The van der Waals surface area contributed by atoms with Crippen LogP contribution in [0.25, 0.3) is 0 Å². The predicted octanol–water partition coefficient (Wildman–Crippen LogP) is 6.46. The molecule has 2 heterocycles. The first kappa shape index (κ1) is 35.3. The maximum atomic E-state index is 15.1. The zero-order chi connectivity index (χ0) is 36.4. The Hall–Kier alpha value is -3.72. The molecule has 4 aliphatic carbocycles. The summed E-state index contributed by atoms with van der Waals surface area (Å²) in [6.07, 6.45) is 9.64. The number of amides is 2. The van der Waals surface area contributed by atoms with Crippen LogP contribution in [0.5, 0.6) is 0 Å². The number of piperazine rings is 1. The molecular weight excluding hydrogens is 657 g/mol. The number of aliphatic hydroxyl groups is 1. The maximum Gasteiger partial charge on any atom is 0.256 e. The van der Waals surface area contributed by atoms with Crippen molar-refractivity contribution in [1.82, 2.24) is 9.80 Å². The number of benzene rings is 2. The third kappa shape index (κ3) is 5.86. The minimum absolute atomic E-state index is 0.00125. The SMILES string of the molecule is C[C@@]12CCC(=O)C[C@H]1CC[C@H]1[C@H]2CC[C@]2(C)[C@@H]1CC[C@]2(O)CCC(=O)N1CCN(C(=O)c2cc(CC3=NCC(=O)c4ccccc43)ccc2F)CC1. The van der Waals surface area contributed by atoms with Crippen LogP contribution in [-0.2, 0) is 16.0 Å². The second kappa shape index (κ2) is 13.3. The van der Waals surface area contributed by atoms with Crippen LogP contribution >= 0.6 is 0 Å². The Morgan fingerprint density at radius 3 is 2.42 bits per heavy atom. The van der Waals surface area contributed by atoms with E-state index in [9.17, 15) is 24.3 Å². The second-order valence-corrected chi connectivity index (χ2v) is 17.3. The van der Waals surface area contributed by atoms with Crippen molar-refractivity contribution in [3.63, 3.8) is 0 Å². The van der Waals surface area contributed by atoms with Crippen molar-refractivity contribution in [1.29, 1.82) is 0 Å². The van der Waals surface area contributed by atoms with Crippen molar-refractivity contribution in [2.45, 2.75) is 96.5 Å². The number of nitrogens with zero attached hydrogens (tertiary/aromatic N) is 3. The zero-order valence-corrected chi connectivity index (χ0v) is 30.7. The van der Waals surface area contributed by atoms with Crippen molar-refractivity contribution in [2.75, 3.05) is 32.7 Å². The highest BCUT2D eigenvalue weighted by Gasteiger charge is 2.64. The van der Waals surface area contributed by atoms with E-state index in [1.54, 1.807) is 28.0 Å². The quantitative estimate of drug-likeness (QED) is 0.371. The van der Waals surface area contributed by atoms with E-state index in [0.29, 0.717) is 80.5 Å². The molecule has 9 heteroatoms. The molecule has 2 aliphatic heterocycles. The highest BCUT2D eigenvalue weighted by atomic mass is 19.1. The van der Waals surface area contributed by atoms with Gasteiger partial charge in [0.05, 0.1) is 11.2 Å². The Labute approximate surface area is 306 Å². The lowest BCUT2D eigenvalue weighted by Gasteiger charge is -2.61. The van der Waals surface area contributed by atoms with Gasteiger partial charge in [0.2, 0.25) is 5.91 Å². The van der Waals surface area contributed by atoms with Crippen LogP contribution in [0.4, 0.5) is 4.39 Å². The summed E-state index contributed by atoms with van der Waals surface area (Å²) in [6, 6.07) is 11.9. The minimum atomic E-state index is -0.875. The monoisotopic (exact) mass is 709 g/mol. The van der Waals surface area contributed by atoms with Crippen LogP contribution in [0.1, 0.15) is 116 Å². The fourth-order valence-electron chi connectivity index (χ4n) is 11.9. The van der Waals surface area contributed by atoms with E-state index in [1.165, 1.54) is 6.07 Å². The van der Waals surface area contributed by atoms with Crippen LogP contribution in [0.15, 0.2) is 47.5 Å². The zero-order valence-electron chi connectivity index (χ0n) is 30.7. The second-order valence-electron chi connectivity index (χ2n) is 17.3. The van der Waals surface area contributed by atoms with Crippen LogP contribution in [0.2, 0.25) is 0 Å². The average Bonchev–Trinajstić information content (AvgIpc) is 3.42. The fraction of sp³-hybridized carbons (Fsp3) is 0.605. The molecule has 5 fully saturated rings. The molecule has 0 unspecified atom stereocenters. The number of carbonyl (C=O) groups is 4. The number of rotatable bonds is 6. The van der Waals surface area contributed by atoms with Crippen LogP contribution < -0.4 is 0 Å². The molecule has 4 saturated carbocycles. The highest BCUT2D eigenvalue weighted by molar-refractivity contribution is 6.15. The smallest absolute Gasteiger partial charge is 0.256 e.